The van der Waals surface area contributed by atoms with Crippen LogP contribution < -0.4 is 4.74 Å². The Balaban J connectivity index is 2.28. The first-order valence-corrected chi connectivity index (χ1v) is 6.88. The highest BCUT2D eigenvalue weighted by Gasteiger charge is 2.13. The summed E-state index contributed by atoms with van der Waals surface area (Å²) in [6.07, 6.45) is 1.92. The Hall–Kier alpha value is -2.55. The Labute approximate surface area is 123 Å². The molecule has 0 N–H and O–H groups in total. The van der Waals surface area contributed by atoms with Gasteiger partial charge in [-0.2, -0.15) is 0 Å². The average molecular weight is 279 g/mol. The van der Waals surface area contributed by atoms with Gasteiger partial charge >= 0.3 is 0 Å². The van der Waals surface area contributed by atoms with Crippen LogP contribution in [0.1, 0.15) is 17.3 Å². The van der Waals surface area contributed by atoms with Crippen molar-refractivity contribution in [3.05, 3.63) is 54.2 Å². The summed E-state index contributed by atoms with van der Waals surface area (Å²) in [6.45, 7) is 3.63. The fraction of sp³-hybridized carbons (Fsp3) is 0.167. The molecule has 0 saturated heterocycles. The van der Waals surface area contributed by atoms with E-state index in [1.165, 1.54) is 0 Å². The maximum atomic E-state index is 11.8. The van der Waals surface area contributed by atoms with Crippen LogP contribution >= 0.6 is 0 Å². The molecule has 1 aromatic heterocycles. The first-order chi connectivity index (χ1) is 10.1. The van der Waals surface area contributed by atoms with E-state index in [0.717, 1.165) is 33.3 Å². The normalized spacial score (nSPS) is 10.8. The van der Waals surface area contributed by atoms with Crippen LogP contribution in [-0.2, 0) is 0 Å². The van der Waals surface area contributed by atoms with Gasteiger partial charge in [-0.05, 0) is 36.2 Å². The lowest BCUT2D eigenvalue weighted by atomic mass is 10.00. The van der Waals surface area contributed by atoms with Gasteiger partial charge < -0.3 is 4.74 Å². The predicted octanol–water partition coefficient (Wildman–Crippen LogP) is 4.29. The zero-order chi connectivity index (χ0) is 15.0. The van der Waals surface area contributed by atoms with Crippen molar-refractivity contribution in [1.29, 1.82) is 0 Å². The van der Waals surface area contributed by atoms with Gasteiger partial charge in [-0.1, -0.05) is 24.3 Å². The third-order valence-corrected chi connectivity index (χ3v) is 3.77. The largest absolute Gasteiger partial charge is 0.497 e. The van der Waals surface area contributed by atoms with Crippen molar-refractivity contribution in [2.75, 3.05) is 7.11 Å². The Morgan fingerprint density at radius 2 is 1.86 bits per heavy atom. The summed E-state index contributed by atoms with van der Waals surface area (Å²) >= 11 is 0. The zero-order valence-corrected chi connectivity index (χ0v) is 12.4. The van der Waals surface area contributed by atoms with Crippen molar-refractivity contribution < 1.29 is 9.53 Å². The molecule has 3 aromatic rings. The lowest BCUT2D eigenvalue weighted by molar-refractivity contribution is 0.0942. The molecule has 0 aliphatic rings. The fourth-order valence-corrected chi connectivity index (χ4v) is 2.72. The molecular formula is C18H17NO2. The number of hydrogen-bond donors (Lipinski definition) is 0. The second-order valence-electron chi connectivity index (χ2n) is 5.13. The summed E-state index contributed by atoms with van der Waals surface area (Å²) < 4.78 is 6.96. The van der Waals surface area contributed by atoms with Crippen molar-refractivity contribution in [2.24, 2.45) is 0 Å². The third-order valence-electron chi connectivity index (χ3n) is 3.77. The maximum Gasteiger partial charge on any atom is 0.227 e. The number of para-hydroxylation sites is 1. The van der Waals surface area contributed by atoms with Gasteiger partial charge in [-0.15, -0.1) is 0 Å². The molecule has 3 heteroatoms. The van der Waals surface area contributed by atoms with Crippen molar-refractivity contribution >= 4 is 16.8 Å². The van der Waals surface area contributed by atoms with Gasteiger partial charge in [0.05, 0.1) is 12.6 Å². The minimum absolute atomic E-state index is 0.0172. The number of aryl methyl sites for hydroxylation is 1. The van der Waals surface area contributed by atoms with Gasteiger partial charge in [0.15, 0.2) is 0 Å². The van der Waals surface area contributed by atoms with Crippen LogP contribution in [0.5, 0.6) is 5.75 Å². The van der Waals surface area contributed by atoms with Gasteiger partial charge in [0, 0.05) is 24.1 Å². The van der Waals surface area contributed by atoms with E-state index < -0.39 is 0 Å². The molecule has 2 aromatic carbocycles. The molecule has 0 atom stereocenters. The Kier molecular flexibility index (Phi) is 3.26. The molecule has 0 bridgehead atoms. The summed E-state index contributed by atoms with van der Waals surface area (Å²) in [7, 11) is 1.66. The number of ether oxygens (including phenoxy) is 1. The molecule has 106 valence electrons. The topological polar surface area (TPSA) is 31.2 Å². The predicted molar refractivity (Wildman–Crippen MR) is 85.0 cm³/mol. The van der Waals surface area contributed by atoms with Crippen LogP contribution in [0.2, 0.25) is 0 Å². The number of nitrogens with zero attached hydrogens (tertiary/aromatic N) is 1. The lowest BCUT2D eigenvalue weighted by Crippen LogP contribution is -2.02. The molecule has 3 rings (SSSR count). The van der Waals surface area contributed by atoms with Crippen LogP contribution in [0.25, 0.3) is 22.0 Å². The number of carbonyl (C=O) groups is 1. The van der Waals surface area contributed by atoms with Crippen LogP contribution in [0.15, 0.2) is 48.7 Å². The molecule has 21 heavy (non-hydrogen) atoms. The first-order valence-electron chi connectivity index (χ1n) is 6.88. The Morgan fingerprint density at radius 3 is 2.52 bits per heavy atom. The van der Waals surface area contributed by atoms with Crippen LogP contribution in [0, 0.1) is 6.92 Å². The maximum absolute atomic E-state index is 11.8. The Bertz CT molecular complexity index is 830. The summed E-state index contributed by atoms with van der Waals surface area (Å²) in [5.41, 5.74) is 4.25. The number of hydrogen-bond acceptors (Lipinski definition) is 2. The second-order valence-corrected chi connectivity index (χ2v) is 5.13. The fourth-order valence-electron chi connectivity index (χ4n) is 2.72. The second kappa shape index (κ2) is 5.09. The smallest absolute Gasteiger partial charge is 0.227 e. The van der Waals surface area contributed by atoms with Gasteiger partial charge in [0.25, 0.3) is 0 Å². The number of carbonyl (C=O) groups excluding carboxylic acids is 1. The monoisotopic (exact) mass is 279 g/mol. The van der Waals surface area contributed by atoms with Gasteiger partial charge in [-0.25, -0.2) is 0 Å². The molecule has 0 aliphatic carbocycles. The van der Waals surface area contributed by atoms with E-state index in [1.54, 1.807) is 18.6 Å². The molecule has 0 amide bonds. The molecule has 0 radical (unpaired) electrons. The van der Waals surface area contributed by atoms with Crippen molar-refractivity contribution in [2.45, 2.75) is 13.8 Å². The van der Waals surface area contributed by atoms with E-state index in [-0.39, 0.29) is 5.91 Å². The highest BCUT2D eigenvalue weighted by molar-refractivity contribution is 6.01. The van der Waals surface area contributed by atoms with E-state index >= 15 is 0 Å². The molecule has 0 unspecified atom stereocenters. The highest BCUT2D eigenvalue weighted by atomic mass is 16.5. The van der Waals surface area contributed by atoms with E-state index in [2.05, 4.69) is 6.92 Å². The number of methoxy groups -OCH3 is 1. The number of benzene rings is 2. The lowest BCUT2D eigenvalue weighted by Gasteiger charge is -2.07. The standard InChI is InChI=1S/C18H17NO2/c1-12-10-14(21-3)8-9-15(12)17-11-19(13(2)20)18-7-5-4-6-16(17)18/h4-11H,1-3H3. The summed E-state index contributed by atoms with van der Waals surface area (Å²) in [6, 6.07) is 14.0. The highest BCUT2D eigenvalue weighted by Crippen LogP contribution is 2.34. The van der Waals surface area contributed by atoms with E-state index in [9.17, 15) is 4.79 Å². The number of rotatable bonds is 2. The third kappa shape index (κ3) is 2.21. The van der Waals surface area contributed by atoms with Crippen LogP contribution in [0.3, 0.4) is 0 Å². The minimum atomic E-state index is 0.0172. The molecular weight excluding hydrogens is 262 g/mol. The van der Waals surface area contributed by atoms with Crippen LogP contribution in [0.4, 0.5) is 0 Å². The first kappa shape index (κ1) is 13.4. The van der Waals surface area contributed by atoms with Gasteiger partial charge in [0.2, 0.25) is 5.91 Å². The molecule has 0 aliphatic heterocycles. The van der Waals surface area contributed by atoms with E-state index in [1.807, 2.05) is 48.7 Å². The van der Waals surface area contributed by atoms with Crippen molar-refractivity contribution in [3.63, 3.8) is 0 Å². The van der Waals surface area contributed by atoms with Crippen molar-refractivity contribution in [1.82, 2.24) is 4.57 Å². The average Bonchev–Trinajstić information content (AvgIpc) is 2.87. The number of aromatic nitrogens is 1. The summed E-state index contributed by atoms with van der Waals surface area (Å²) in [5, 5.41) is 1.08. The Morgan fingerprint density at radius 1 is 1.10 bits per heavy atom. The minimum Gasteiger partial charge on any atom is -0.497 e. The molecule has 0 fully saturated rings. The van der Waals surface area contributed by atoms with Gasteiger partial charge in [0.1, 0.15) is 5.75 Å². The zero-order valence-electron chi connectivity index (χ0n) is 12.4. The van der Waals surface area contributed by atoms with Crippen molar-refractivity contribution in [3.8, 4) is 16.9 Å². The summed E-state index contributed by atoms with van der Waals surface area (Å²) in [5.74, 6) is 0.857. The molecule has 0 saturated carbocycles. The SMILES string of the molecule is COc1ccc(-c2cn(C(C)=O)c3ccccc23)c(C)c1. The van der Waals surface area contributed by atoms with E-state index in [4.69, 9.17) is 4.74 Å². The van der Waals surface area contributed by atoms with Gasteiger partial charge in [-0.3, -0.25) is 9.36 Å². The van der Waals surface area contributed by atoms with E-state index in [0.29, 0.717) is 0 Å². The molecule has 3 nitrogen and oxygen atoms in total. The number of fused-ring (bicyclic) bond motifs is 1. The molecule has 0 spiro atoms. The van der Waals surface area contributed by atoms with Crippen LogP contribution in [-0.4, -0.2) is 17.6 Å². The summed E-state index contributed by atoms with van der Waals surface area (Å²) in [4.78, 5) is 11.8. The quantitative estimate of drug-likeness (QED) is 0.701. The molecule has 1 heterocycles.